The van der Waals surface area contributed by atoms with Crippen molar-refractivity contribution in [1.29, 1.82) is 0 Å². The van der Waals surface area contributed by atoms with Gasteiger partial charge >= 0.3 is 5.97 Å². The van der Waals surface area contributed by atoms with Crippen molar-refractivity contribution in [3.8, 4) is 0 Å². The number of epoxide rings is 1. The fourth-order valence-electron chi connectivity index (χ4n) is 2.19. The Labute approximate surface area is 76.7 Å². The molecule has 0 radical (unpaired) electrons. The van der Waals surface area contributed by atoms with E-state index in [4.69, 9.17) is 9.47 Å². The van der Waals surface area contributed by atoms with Gasteiger partial charge in [-0.2, -0.15) is 0 Å². The molecule has 0 N–H and O–H groups in total. The molecule has 3 rings (SSSR count). The minimum Gasteiger partial charge on any atom is -0.459 e. The smallest absolute Gasteiger partial charge is 0.313 e. The van der Waals surface area contributed by atoms with Crippen LogP contribution in [0.25, 0.3) is 0 Å². The van der Waals surface area contributed by atoms with Crippen molar-refractivity contribution in [1.82, 2.24) is 0 Å². The molecule has 2 saturated heterocycles. The van der Waals surface area contributed by atoms with Gasteiger partial charge in [-0.3, -0.25) is 4.79 Å². The molecule has 0 unspecified atom stereocenters. The van der Waals surface area contributed by atoms with E-state index in [0.717, 1.165) is 19.3 Å². The maximum Gasteiger partial charge on any atom is 0.313 e. The molecule has 2 fully saturated rings. The Morgan fingerprint density at radius 1 is 1.31 bits per heavy atom. The number of rotatable bonds is 0. The molecule has 0 aromatic rings. The summed E-state index contributed by atoms with van der Waals surface area (Å²) < 4.78 is 10.8. The van der Waals surface area contributed by atoms with Gasteiger partial charge in [-0.15, -0.1) is 0 Å². The van der Waals surface area contributed by atoms with Gasteiger partial charge < -0.3 is 9.47 Å². The molecule has 0 amide bonds. The van der Waals surface area contributed by atoms with Crippen molar-refractivity contribution in [3.63, 3.8) is 0 Å². The zero-order chi connectivity index (χ0) is 8.84. The van der Waals surface area contributed by atoms with Crippen LogP contribution in [0.2, 0.25) is 0 Å². The molecule has 0 aromatic heterocycles. The SMILES string of the molecule is O=C1O[C@@H]2CCC[C@H]1C=C[C@@H]1O[C@@H]12. The Kier molecular flexibility index (Phi) is 1.50. The highest BCUT2D eigenvalue weighted by atomic mass is 16.6. The Hall–Kier alpha value is -0.830. The van der Waals surface area contributed by atoms with Crippen molar-refractivity contribution in [3.05, 3.63) is 12.2 Å². The highest BCUT2D eigenvalue weighted by Gasteiger charge is 2.47. The molecule has 3 aliphatic rings. The van der Waals surface area contributed by atoms with Gasteiger partial charge in [-0.25, -0.2) is 0 Å². The second-order valence-electron chi connectivity index (χ2n) is 3.96. The zero-order valence-corrected chi connectivity index (χ0v) is 7.31. The lowest BCUT2D eigenvalue weighted by Gasteiger charge is -2.14. The standard InChI is InChI=1S/C10H12O3/c11-10-6-2-1-3-7(13-10)9-8(12-9)5-4-6/h4-9H,1-3H2/t6-,7+,8-,9+/m0/s1. The molecule has 2 bridgehead atoms. The minimum absolute atomic E-state index is 0.0184. The van der Waals surface area contributed by atoms with E-state index < -0.39 is 0 Å². The van der Waals surface area contributed by atoms with Crippen LogP contribution in [-0.4, -0.2) is 24.3 Å². The van der Waals surface area contributed by atoms with Crippen LogP contribution in [0.1, 0.15) is 19.3 Å². The van der Waals surface area contributed by atoms with E-state index in [1.54, 1.807) is 0 Å². The maximum atomic E-state index is 11.5. The lowest BCUT2D eigenvalue weighted by molar-refractivity contribution is -0.152. The van der Waals surface area contributed by atoms with Gasteiger partial charge in [-0.05, 0) is 19.3 Å². The minimum atomic E-state index is -0.0623. The topological polar surface area (TPSA) is 38.8 Å². The lowest BCUT2D eigenvalue weighted by Crippen LogP contribution is -2.26. The first-order valence-electron chi connectivity index (χ1n) is 4.89. The Bertz CT molecular complexity index is 271. The molecular weight excluding hydrogens is 168 g/mol. The number of carbonyl (C=O) groups is 1. The molecule has 13 heavy (non-hydrogen) atoms. The number of ether oxygens (including phenoxy) is 2. The fourth-order valence-corrected chi connectivity index (χ4v) is 2.19. The molecule has 3 nitrogen and oxygen atoms in total. The summed E-state index contributed by atoms with van der Waals surface area (Å²) in [7, 11) is 0. The largest absolute Gasteiger partial charge is 0.459 e. The first-order valence-corrected chi connectivity index (χ1v) is 4.89. The number of hydrogen-bond acceptors (Lipinski definition) is 3. The molecule has 0 spiro atoms. The summed E-state index contributed by atoms with van der Waals surface area (Å²) in [5, 5.41) is 0. The summed E-state index contributed by atoms with van der Waals surface area (Å²) in [4.78, 5) is 11.5. The average Bonchev–Trinajstić information content (AvgIpc) is 2.85. The molecular formula is C10H12O3. The third-order valence-corrected chi connectivity index (χ3v) is 3.04. The molecule has 70 valence electrons. The monoisotopic (exact) mass is 180 g/mol. The number of hydrogen-bond donors (Lipinski definition) is 0. The summed E-state index contributed by atoms with van der Waals surface area (Å²) in [5.41, 5.74) is 0. The summed E-state index contributed by atoms with van der Waals surface area (Å²) >= 11 is 0. The molecule has 3 heterocycles. The van der Waals surface area contributed by atoms with Gasteiger partial charge in [0.25, 0.3) is 0 Å². The van der Waals surface area contributed by atoms with Gasteiger partial charge in [0.15, 0.2) is 0 Å². The average molecular weight is 180 g/mol. The van der Waals surface area contributed by atoms with Crippen LogP contribution in [0.4, 0.5) is 0 Å². The van der Waals surface area contributed by atoms with Gasteiger partial charge in [0.2, 0.25) is 0 Å². The van der Waals surface area contributed by atoms with Crippen molar-refractivity contribution in [2.75, 3.05) is 0 Å². The van der Waals surface area contributed by atoms with E-state index in [2.05, 4.69) is 0 Å². The van der Waals surface area contributed by atoms with Crippen LogP contribution in [-0.2, 0) is 14.3 Å². The van der Waals surface area contributed by atoms with Crippen molar-refractivity contribution < 1.29 is 14.3 Å². The summed E-state index contributed by atoms with van der Waals surface area (Å²) in [5.74, 6) is -0.0807. The Balaban J connectivity index is 1.94. The Morgan fingerprint density at radius 2 is 2.23 bits per heavy atom. The molecule has 3 aliphatic heterocycles. The van der Waals surface area contributed by atoms with Crippen LogP contribution in [0.3, 0.4) is 0 Å². The third kappa shape index (κ3) is 1.18. The normalized spacial score (nSPS) is 47.2. The van der Waals surface area contributed by atoms with E-state index in [9.17, 15) is 4.79 Å². The maximum absolute atomic E-state index is 11.5. The summed E-state index contributed by atoms with van der Waals surface area (Å²) in [6.07, 6.45) is 7.34. The number of fused-ring (bicyclic) bond motifs is 5. The van der Waals surface area contributed by atoms with Gasteiger partial charge in [0, 0.05) is 0 Å². The first kappa shape index (κ1) is 7.56. The van der Waals surface area contributed by atoms with Gasteiger partial charge in [0.05, 0.1) is 5.92 Å². The highest BCUT2D eigenvalue weighted by Crippen LogP contribution is 2.36. The quantitative estimate of drug-likeness (QED) is 0.317. The third-order valence-electron chi connectivity index (χ3n) is 3.04. The van der Waals surface area contributed by atoms with Crippen molar-refractivity contribution >= 4 is 5.97 Å². The number of carbonyl (C=O) groups excluding carboxylic acids is 1. The van der Waals surface area contributed by atoms with Gasteiger partial charge in [-0.1, -0.05) is 12.2 Å². The van der Waals surface area contributed by atoms with Crippen LogP contribution >= 0.6 is 0 Å². The predicted octanol–water partition coefficient (Wildman–Crippen LogP) is 1.04. The van der Waals surface area contributed by atoms with Crippen LogP contribution in [0, 0.1) is 5.92 Å². The molecule has 0 saturated carbocycles. The second-order valence-corrected chi connectivity index (χ2v) is 3.96. The van der Waals surface area contributed by atoms with Crippen LogP contribution in [0.15, 0.2) is 12.2 Å². The molecule has 4 atom stereocenters. The molecule has 3 heteroatoms. The Morgan fingerprint density at radius 3 is 3.15 bits per heavy atom. The highest BCUT2D eigenvalue weighted by molar-refractivity contribution is 5.75. The van der Waals surface area contributed by atoms with E-state index >= 15 is 0 Å². The van der Waals surface area contributed by atoms with E-state index in [1.807, 2.05) is 12.2 Å². The fraction of sp³-hybridized carbons (Fsp3) is 0.700. The summed E-state index contributed by atoms with van der Waals surface area (Å²) in [6, 6.07) is 0. The van der Waals surface area contributed by atoms with E-state index in [0.29, 0.717) is 0 Å². The zero-order valence-electron chi connectivity index (χ0n) is 7.31. The second kappa shape index (κ2) is 2.58. The van der Waals surface area contributed by atoms with Crippen LogP contribution < -0.4 is 0 Å². The first-order chi connectivity index (χ1) is 6.34. The van der Waals surface area contributed by atoms with E-state index in [-0.39, 0.29) is 30.2 Å². The number of esters is 1. The van der Waals surface area contributed by atoms with Crippen molar-refractivity contribution in [2.45, 2.75) is 37.6 Å². The predicted molar refractivity (Wildman–Crippen MR) is 45.0 cm³/mol. The lowest BCUT2D eigenvalue weighted by atomic mass is 10.0. The van der Waals surface area contributed by atoms with Crippen LogP contribution in [0.5, 0.6) is 0 Å². The molecule has 0 aliphatic carbocycles. The molecule has 0 aromatic carbocycles. The van der Waals surface area contributed by atoms with Crippen molar-refractivity contribution in [2.24, 2.45) is 5.92 Å². The van der Waals surface area contributed by atoms with E-state index in [1.165, 1.54) is 0 Å². The van der Waals surface area contributed by atoms with Gasteiger partial charge in [0.1, 0.15) is 18.3 Å². The summed E-state index contributed by atoms with van der Waals surface area (Å²) in [6.45, 7) is 0.